The van der Waals surface area contributed by atoms with E-state index >= 15 is 0 Å². The quantitative estimate of drug-likeness (QED) is 0.285. The van der Waals surface area contributed by atoms with E-state index in [1.165, 1.54) is 7.11 Å². The summed E-state index contributed by atoms with van der Waals surface area (Å²) in [7, 11) is 1.38. The van der Waals surface area contributed by atoms with Crippen molar-refractivity contribution in [2.45, 2.75) is 38.5 Å². The van der Waals surface area contributed by atoms with Crippen LogP contribution in [0.5, 0.6) is 6.01 Å². The zero-order valence-corrected chi connectivity index (χ0v) is 20.4. The maximum absolute atomic E-state index is 12.5. The highest BCUT2D eigenvalue weighted by molar-refractivity contribution is 5.91. The molecule has 6 N–H and O–H groups in total. The number of carbonyl (C=O) groups excluding carboxylic acids is 1. The molecule has 1 spiro atoms. The van der Waals surface area contributed by atoms with Gasteiger partial charge < -0.3 is 36.3 Å². The molecule has 0 bridgehead atoms. The molecule has 2 fully saturated rings. The summed E-state index contributed by atoms with van der Waals surface area (Å²) in [6.45, 7) is 7.86. The van der Waals surface area contributed by atoms with Gasteiger partial charge >= 0.3 is 12.0 Å². The van der Waals surface area contributed by atoms with Crippen LogP contribution in [0.25, 0.3) is 0 Å². The number of methoxy groups -OCH3 is 1. The number of aromatic nitrogens is 2. The Morgan fingerprint density at radius 2 is 2.14 bits per heavy atom. The lowest BCUT2D eigenvalue weighted by Crippen LogP contribution is -2.69. The van der Waals surface area contributed by atoms with E-state index in [1.807, 2.05) is 18.2 Å². The zero-order chi connectivity index (χ0) is 24.8. The van der Waals surface area contributed by atoms with Gasteiger partial charge in [0, 0.05) is 39.3 Å². The number of likely N-dealkylation sites (tertiary alicyclic amines) is 1. The van der Waals surface area contributed by atoms with E-state index in [4.69, 9.17) is 25.7 Å². The van der Waals surface area contributed by atoms with Gasteiger partial charge in [0.15, 0.2) is 11.6 Å². The number of rotatable bonds is 10. The first-order chi connectivity index (χ1) is 16.9. The van der Waals surface area contributed by atoms with E-state index in [9.17, 15) is 4.79 Å². The van der Waals surface area contributed by atoms with Gasteiger partial charge in [-0.25, -0.2) is 4.79 Å². The van der Waals surface area contributed by atoms with Gasteiger partial charge in [-0.15, -0.1) is 0 Å². The van der Waals surface area contributed by atoms with Crippen LogP contribution in [-0.2, 0) is 22.6 Å². The molecule has 0 atom stereocenters. The molecule has 11 heteroatoms. The third-order valence-electron chi connectivity index (χ3n) is 6.27. The fraction of sp³-hybridized carbons (Fsp3) is 0.542. The Hall–Kier alpha value is -3.15. The van der Waals surface area contributed by atoms with Crippen molar-refractivity contribution in [2.75, 3.05) is 63.3 Å². The maximum Gasteiger partial charge on any atom is 0.338 e. The molecular weight excluding hydrogens is 450 g/mol. The number of hydrogen-bond acceptors (Lipinski definition) is 11. The second-order valence-corrected chi connectivity index (χ2v) is 9.05. The number of hydrogen-bond donors (Lipinski definition) is 4. The average molecular weight is 486 g/mol. The molecule has 190 valence electrons. The largest absolute Gasteiger partial charge is 0.465 e. The Labute approximate surface area is 205 Å². The second-order valence-electron chi connectivity index (χ2n) is 9.05. The molecule has 4 rings (SSSR count). The molecule has 0 unspecified atom stereocenters. The van der Waals surface area contributed by atoms with Crippen LogP contribution in [0.15, 0.2) is 18.2 Å². The molecule has 1 aromatic carbocycles. The van der Waals surface area contributed by atoms with Crippen molar-refractivity contribution in [3.8, 4) is 6.01 Å². The fourth-order valence-electron chi connectivity index (χ4n) is 4.38. The van der Waals surface area contributed by atoms with Gasteiger partial charge in [-0.2, -0.15) is 9.97 Å². The van der Waals surface area contributed by atoms with Crippen molar-refractivity contribution in [1.82, 2.24) is 20.2 Å². The first-order valence-corrected chi connectivity index (χ1v) is 12.0. The van der Waals surface area contributed by atoms with E-state index in [0.29, 0.717) is 24.5 Å². The minimum absolute atomic E-state index is 0.0777. The normalized spacial score (nSPS) is 17.1. The molecule has 11 nitrogen and oxygen atoms in total. The summed E-state index contributed by atoms with van der Waals surface area (Å²) in [5.74, 6) is 0.0974. The van der Waals surface area contributed by atoms with Crippen LogP contribution in [0.1, 0.15) is 41.3 Å². The van der Waals surface area contributed by atoms with Crippen LogP contribution in [0, 0.1) is 0 Å². The number of nitrogens with zero attached hydrogens (tertiary/aromatic N) is 3. The summed E-state index contributed by atoms with van der Waals surface area (Å²) in [6.07, 6.45) is 1.87. The van der Waals surface area contributed by atoms with Gasteiger partial charge in [-0.1, -0.05) is 25.5 Å². The summed E-state index contributed by atoms with van der Waals surface area (Å²) in [6, 6.07) is 5.99. The minimum atomic E-state index is -0.401. The number of carbonyl (C=O) groups is 1. The van der Waals surface area contributed by atoms with E-state index in [2.05, 4.69) is 32.4 Å². The Morgan fingerprint density at radius 1 is 1.31 bits per heavy atom. The van der Waals surface area contributed by atoms with E-state index in [1.54, 1.807) is 0 Å². The summed E-state index contributed by atoms with van der Waals surface area (Å²) in [4.78, 5) is 23.3. The van der Waals surface area contributed by atoms with Crippen molar-refractivity contribution >= 4 is 23.3 Å². The third-order valence-corrected chi connectivity index (χ3v) is 6.27. The van der Waals surface area contributed by atoms with Crippen molar-refractivity contribution in [3.63, 3.8) is 0 Å². The van der Waals surface area contributed by atoms with Gasteiger partial charge in [-0.3, -0.25) is 4.90 Å². The molecule has 3 heterocycles. The lowest BCUT2D eigenvalue weighted by Gasteiger charge is -2.51. The summed E-state index contributed by atoms with van der Waals surface area (Å²) >= 11 is 0. The van der Waals surface area contributed by atoms with Gasteiger partial charge in [-0.05, 0) is 23.6 Å². The topological polar surface area (TPSA) is 150 Å². The fourth-order valence-corrected chi connectivity index (χ4v) is 4.38. The van der Waals surface area contributed by atoms with Crippen LogP contribution < -0.4 is 26.8 Å². The first kappa shape index (κ1) is 25.0. The Morgan fingerprint density at radius 3 is 2.86 bits per heavy atom. The highest BCUT2D eigenvalue weighted by Crippen LogP contribution is 2.29. The first-order valence-electron chi connectivity index (χ1n) is 12.0. The molecule has 2 aliphatic heterocycles. The van der Waals surface area contributed by atoms with Crippen LogP contribution in [0.4, 0.5) is 17.3 Å². The standard InChI is InChI=1S/C24H35N7O4/c1-3-4-8-34-23-29-20(26)19(25)21(30-23)28-11-17-6-5-16(10-18(17)22(32)33-2)12-31-14-24(15-31)13-27-7-9-35-24/h5-6,10,27H,3-4,7-9,11-15,25H2,1-2H3,(H3,26,28,29,30). The summed E-state index contributed by atoms with van der Waals surface area (Å²) < 4.78 is 16.6. The number of unbranched alkanes of at least 4 members (excludes halogenated alkanes) is 1. The van der Waals surface area contributed by atoms with Crippen molar-refractivity contribution in [2.24, 2.45) is 0 Å². The second kappa shape index (κ2) is 11.1. The van der Waals surface area contributed by atoms with Gasteiger partial charge in [0.05, 0.1) is 25.9 Å². The number of ether oxygens (including phenoxy) is 3. The van der Waals surface area contributed by atoms with E-state index in [-0.39, 0.29) is 23.1 Å². The molecule has 2 aromatic rings. The molecule has 0 saturated carbocycles. The molecule has 0 aliphatic carbocycles. The number of nitrogens with one attached hydrogen (secondary N) is 2. The van der Waals surface area contributed by atoms with E-state index < -0.39 is 5.97 Å². The summed E-state index contributed by atoms with van der Waals surface area (Å²) in [5.41, 5.74) is 14.4. The molecule has 1 aromatic heterocycles. The van der Waals surface area contributed by atoms with Gasteiger partial charge in [0.1, 0.15) is 11.3 Å². The molecule has 2 aliphatic rings. The monoisotopic (exact) mass is 485 g/mol. The highest BCUT2D eigenvalue weighted by Gasteiger charge is 2.44. The number of benzene rings is 1. The van der Waals surface area contributed by atoms with Crippen LogP contribution in [0.3, 0.4) is 0 Å². The Bertz CT molecular complexity index is 1030. The van der Waals surface area contributed by atoms with Gasteiger partial charge in [0.25, 0.3) is 0 Å². The van der Waals surface area contributed by atoms with E-state index in [0.717, 1.165) is 63.3 Å². The molecule has 35 heavy (non-hydrogen) atoms. The number of nitrogens with two attached hydrogens (primary N) is 2. The average Bonchev–Trinajstić information content (AvgIpc) is 2.85. The molecule has 0 amide bonds. The third kappa shape index (κ3) is 5.92. The number of anilines is 3. The van der Waals surface area contributed by atoms with Gasteiger partial charge in [0.2, 0.25) is 0 Å². The summed E-state index contributed by atoms with van der Waals surface area (Å²) in [5, 5.41) is 6.56. The van der Waals surface area contributed by atoms with Crippen LogP contribution in [0.2, 0.25) is 0 Å². The SMILES string of the molecule is CCCCOc1nc(N)c(N)c(NCc2ccc(CN3CC4(CNCCO4)C3)cc2C(=O)OC)n1. The smallest absolute Gasteiger partial charge is 0.338 e. The lowest BCUT2D eigenvalue weighted by atomic mass is 9.91. The number of esters is 1. The molecule has 0 radical (unpaired) electrons. The lowest BCUT2D eigenvalue weighted by molar-refractivity contribution is -0.158. The highest BCUT2D eigenvalue weighted by atomic mass is 16.5. The minimum Gasteiger partial charge on any atom is -0.465 e. The molecular formula is C24H35N7O4. The number of morpholine rings is 1. The van der Waals surface area contributed by atoms with Crippen molar-refractivity contribution in [3.05, 3.63) is 34.9 Å². The molecule has 2 saturated heterocycles. The van der Waals surface area contributed by atoms with Crippen LogP contribution >= 0.6 is 0 Å². The number of nitrogen functional groups attached to an aromatic ring is 2. The Balaban J connectivity index is 1.43. The predicted octanol–water partition coefficient (Wildman–Crippen LogP) is 1.39. The Kier molecular flexibility index (Phi) is 7.89. The predicted molar refractivity (Wildman–Crippen MR) is 133 cm³/mol. The van der Waals surface area contributed by atoms with Crippen molar-refractivity contribution < 1.29 is 19.0 Å². The van der Waals surface area contributed by atoms with Crippen molar-refractivity contribution in [1.29, 1.82) is 0 Å². The van der Waals surface area contributed by atoms with Crippen LogP contribution in [-0.4, -0.2) is 72.9 Å². The zero-order valence-electron chi connectivity index (χ0n) is 20.4. The maximum atomic E-state index is 12.5.